The van der Waals surface area contributed by atoms with Gasteiger partial charge in [0.15, 0.2) is 0 Å². The van der Waals surface area contributed by atoms with E-state index in [2.05, 4.69) is 20.8 Å². The van der Waals surface area contributed by atoms with E-state index in [1.165, 1.54) is 19.3 Å². The van der Waals surface area contributed by atoms with E-state index >= 15 is 0 Å². The van der Waals surface area contributed by atoms with Crippen molar-refractivity contribution in [3.8, 4) is 0 Å². The third kappa shape index (κ3) is 3.23. The molecular weight excluding hydrogens is 200 g/mol. The molecule has 0 aromatic rings. The number of hydrogen-bond acceptors (Lipinski definition) is 2. The second-order valence-electron chi connectivity index (χ2n) is 5.61. The van der Waals surface area contributed by atoms with Crippen molar-refractivity contribution < 1.29 is 9.53 Å². The molecule has 94 valence electrons. The third-order valence-corrected chi connectivity index (χ3v) is 4.19. The average molecular weight is 226 g/mol. The summed E-state index contributed by atoms with van der Waals surface area (Å²) < 4.78 is 5.60. The number of carbonyl (C=O) groups is 1. The van der Waals surface area contributed by atoms with Gasteiger partial charge in [-0.05, 0) is 24.7 Å². The second-order valence-corrected chi connectivity index (χ2v) is 5.61. The van der Waals surface area contributed by atoms with Crippen LogP contribution in [0.25, 0.3) is 0 Å². The van der Waals surface area contributed by atoms with Crippen molar-refractivity contribution in [2.75, 3.05) is 0 Å². The molecule has 0 heterocycles. The van der Waals surface area contributed by atoms with Crippen molar-refractivity contribution in [1.29, 1.82) is 0 Å². The summed E-state index contributed by atoms with van der Waals surface area (Å²) in [6.45, 7) is 8.70. The van der Waals surface area contributed by atoms with Crippen LogP contribution in [0, 0.1) is 11.3 Å². The summed E-state index contributed by atoms with van der Waals surface area (Å²) in [5, 5.41) is 0. The van der Waals surface area contributed by atoms with Gasteiger partial charge in [0.2, 0.25) is 0 Å². The van der Waals surface area contributed by atoms with Crippen molar-refractivity contribution in [1.82, 2.24) is 0 Å². The maximum absolute atomic E-state index is 11.4. The Hall–Kier alpha value is -0.530. The first-order valence-corrected chi connectivity index (χ1v) is 6.70. The molecule has 0 amide bonds. The van der Waals surface area contributed by atoms with Gasteiger partial charge < -0.3 is 4.74 Å². The van der Waals surface area contributed by atoms with E-state index in [1.54, 1.807) is 0 Å². The van der Waals surface area contributed by atoms with E-state index in [4.69, 9.17) is 4.74 Å². The van der Waals surface area contributed by atoms with Crippen LogP contribution in [0.3, 0.4) is 0 Å². The van der Waals surface area contributed by atoms with Gasteiger partial charge in [-0.3, -0.25) is 4.79 Å². The van der Waals surface area contributed by atoms with E-state index in [0.717, 1.165) is 12.8 Å². The Bertz CT molecular complexity index is 233. The molecule has 0 radical (unpaired) electrons. The number of carbonyl (C=O) groups excluding carboxylic acids is 1. The molecule has 1 fully saturated rings. The Morgan fingerprint density at radius 3 is 2.44 bits per heavy atom. The topological polar surface area (TPSA) is 26.3 Å². The minimum Gasteiger partial charge on any atom is -0.462 e. The van der Waals surface area contributed by atoms with Gasteiger partial charge in [-0.1, -0.05) is 40.5 Å². The van der Waals surface area contributed by atoms with Gasteiger partial charge in [0.05, 0.1) is 0 Å². The van der Waals surface area contributed by atoms with Crippen LogP contribution in [0.15, 0.2) is 0 Å². The van der Waals surface area contributed by atoms with E-state index in [0.29, 0.717) is 17.8 Å². The molecule has 2 atom stereocenters. The molecule has 16 heavy (non-hydrogen) atoms. The molecular formula is C14H26O2. The fourth-order valence-electron chi connectivity index (χ4n) is 2.65. The lowest BCUT2D eigenvalue weighted by Gasteiger charge is -2.41. The lowest BCUT2D eigenvalue weighted by Crippen LogP contribution is -2.39. The summed E-state index contributed by atoms with van der Waals surface area (Å²) >= 11 is 0. The van der Waals surface area contributed by atoms with E-state index in [-0.39, 0.29) is 12.1 Å². The first-order valence-electron chi connectivity index (χ1n) is 6.70. The van der Waals surface area contributed by atoms with Crippen LogP contribution >= 0.6 is 0 Å². The summed E-state index contributed by atoms with van der Waals surface area (Å²) in [6, 6.07) is 0. The van der Waals surface area contributed by atoms with Crippen LogP contribution in [-0.2, 0) is 9.53 Å². The molecule has 1 aliphatic rings. The largest absolute Gasteiger partial charge is 0.462 e. The number of esters is 1. The first kappa shape index (κ1) is 13.5. The highest BCUT2D eigenvalue weighted by Crippen LogP contribution is 2.41. The predicted molar refractivity (Wildman–Crippen MR) is 66.2 cm³/mol. The average Bonchev–Trinajstić information content (AvgIpc) is 2.29. The highest BCUT2D eigenvalue weighted by Gasteiger charge is 2.37. The molecule has 1 saturated carbocycles. The van der Waals surface area contributed by atoms with Crippen molar-refractivity contribution >= 4 is 5.97 Å². The molecule has 2 unspecified atom stereocenters. The number of rotatable bonds is 4. The zero-order valence-corrected chi connectivity index (χ0v) is 11.2. The van der Waals surface area contributed by atoms with Gasteiger partial charge in [0.1, 0.15) is 6.10 Å². The molecule has 1 aliphatic carbocycles. The van der Waals surface area contributed by atoms with Crippen molar-refractivity contribution in [2.45, 2.75) is 72.3 Å². The predicted octanol–water partition coefficient (Wildman–Crippen LogP) is 3.93. The molecule has 0 spiro atoms. The summed E-state index contributed by atoms with van der Waals surface area (Å²) in [5.74, 6) is 0.505. The summed E-state index contributed by atoms with van der Waals surface area (Å²) in [5.41, 5.74) is 0.291. The van der Waals surface area contributed by atoms with Crippen molar-refractivity contribution in [2.24, 2.45) is 11.3 Å². The highest BCUT2D eigenvalue weighted by molar-refractivity contribution is 5.69. The third-order valence-electron chi connectivity index (χ3n) is 4.19. The van der Waals surface area contributed by atoms with Crippen LogP contribution in [0.4, 0.5) is 0 Å². The monoisotopic (exact) mass is 226 g/mol. The number of ether oxygens (including phenoxy) is 1. The van der Waals surface area contributed by atoms with Gasteiger partial charge >= 0.3 is 5.97 Å². The molecule has 0 aromatic carbocycles. The van der Waals surface area contributed by atoms with Crippen LogP contribution in [0.5, 0.6) is 0 Å². The minimum absolute atomic E-state index is 0.0381. The lowest BCUT2D eigenvalue weighted by atomic mass is 9.68. The molecule has 0 saturated heterocycles. The summed E-state index contributed by atoms with van der Waals surface area (Å²) in [6.07, 6.45) is 6.57. The molecule has 0 aliphatic heterocycles. The maximum atomic E-state index is 11.4. The standard InChI is InChI=1S/C14H26O2/c1-5-13(15)16-12-10-8-7-9-11(12)14(3,4)6-2/h11-12H,5-10H2,1-4H3. The van der Waals surface area contributed by atoms with Gasteiger partial charge in [-0.2, -0.15) is 0 Å². The molecule has 0 N–H and O–H groups in total. The first-order chi connectivity index (χ1) is 7.51. The summed E-state index contributed by atoms with van der Waals surface area (Å²) in [4.78, 5) is 11.4. The van der Waals surface area contributed by atoms with Gasteiger partial charge in [-0.15, -0.1) is 0 Å². The van der Waals surface area contributed by atoms with E-state index in [1.807, 2.05) is 6.92 Å². The Morgan fingerprint density at radius 1 is 1.25 bits per heavy atom. The van der Waals surface area contributed by atoms with Crippen molar-refractivity contribution in [3.63, 3.8) is 0 Å². The fourth-order valence-corrected chi connectivity index (χ4v) is 2.65. The number of hydrogen-bond donors (Lipinski definition) is 0. The molecule has 1 rings (SSSR count). The van der Waals surface area contributed by atoms with Gasteiger partial charge in [-0.25, -0.2) is 0 Å². The van der Waals surface area contributed by atoms with Gasteiger partial charge in [0.25, 0.3) is 0 Å². The van der Waals surface area contributed by atoms with Crippen LogP contribution in [0.1, 0.15) is 66.2 Å². The quantitative estimate of drug-likeness (QED) is 0.679. The van der Waals surface area contributed by atoms with Gasteiger partial charge in [0, 0.05) is 12.3 Å². The summed E-state index contributed by atoms with van der Waals surface area (Å²) in [7, 11) is 0. The normalized spacial score (nSPS) is 26.5. The maximum Gasteiger partial charge on any atom is 0.305 e. The molecule has 2 nitrogen and oxygen atoms in total. The zero-order chi connectivity index (χ0) is 12.2. The highest BCUT2D eigenvalue weighted by atomic mass is 16.5. The van der Waals surface area contributed by atoms with Crippen molar-refractivity contribution in [3.05, 3.63) is 0 Å². The van der Waals surface area contributed by atoms with E-state index in [9.17, 15) is 4.79 Å². The van der Waals surface area contributed by atoms with Crippen LogP contribution < -0.4 is 0 Å². The van der Waals surface area contributed by atoms with Crippen LogP contribution in [-0.4, -0.2) is 12.1 Å². The zero-order valence-electron chi connectivity index (χ0n) is 11.2. The Balaban J connectivity index is 2.67. The fraction of sp³-hybridized carbons (Fsp3) is 0.929. The Morgan fingerprint density at radius 2 is 1.88 bits per heavy atom. The Labute approximate surface area is 99.8 Å². The second kappa shape index (κ2) is 5.70. The smallest absolute Gasteiger partial charge is 0.305 e. The molecule has 2 heteroatoms. The molecule has 0 aromatic heterocycles. The van der Waals surface area contributed by atoms with E-state index < -0.39 is 0 Å². The van der Waals surface area contributed by atoms with Crippen LogP contribution in [0.2, 0.25) is 0 Å². The minimum atomic E-state index is -0.0381. The lowest BCUT2D eigenvalue weighted by molar-refractivity contribution is -0.156. The Kier molecular flexibility index (Phi) is 4.82. The SMILES string of the molecule is CCC(=O)OC1CCCCC1C(C)(C)CC. The molecule has 0 bridgehead atoms.